The van der Waals surface area contributed by atoms with Crippen molar-refractivity contribution in [3.05, 3.63) is 46.8 Å². The molecule has 140 valence electrons. The molecule has 0 aliphatic carbocycles. The third kappa shape index (κ3) is 5.08. The Bertz CT molecular complexity index is 750. The predicted octanol–water partition coefficient (Wildman–Crippen LogP) is 2.47. The third-order valence-electron chi connectivity index (χ3n) is 3.95. The molecular weight excluding hydrogens is 334 g/mol. The van der Waals surface area contributed by atoms with Crippen molar-refractivity contribution >= 4 is 11.8 Å². The molecule has 7 heteroatoms. The van der Waals surface area contributed by atoms with Crippen molar-refractivity contribution in [2.75, 3.05) is 20.1 Å². The van der Waals surface area contributed by atoms with Gasteiger partial charge in [0, 0.05) is 19.2 Å². The Kier molecular flexibility index (Phi) is 6.77. The molecule has 0 bridgehead atoms. The lowest BCUT2D eigenvalue weighted by Gasteiger charge is -2.17. The Morgan fingerprint density at radius 1 is 1.31 bits per heavy atom. The van der Waals surface area contributed by atoms with Crippen LogP contribution in [0.15, 0.2) is 28.8 Å². The molecule has 1 aromatic carbocycles. The molecule has 0 unspecified atom stereocenters. The standard InChI is InChI=1S/C19H25N3O4/c1-5-9-20-18(23)11-22(4)19(24)15-7-6-8-16(10-15)25-12-17-13(2)21-26-14(17)3/h6-8,10H,5,9,11-12H2,1-4H3,(H,20,23). The van der Waals surface area contributed by atoms with Gasteiger partial charge in [-0.2, -0.15) is 0 Å². The highest BCUT2D eigenvalue weighted by Crippen LogP contribution is 2.19. The van der Waals surface area contributed by atoms with E-state index >= 15 is 0 Å². The van der Waals surface area contributed by atoms with E-state index in [0.29, 0.717) is 30.2 Å². The summed E-state index contributed by atoms with van der Waals surface area (Å²) in [4.78, 5) is 25.7. The maximum Gasteiger partial charge on any atom is 0.254 e. The van der Waals surface area contributed by atoms with Crippen LogP contribution in [0.3, 0.4) is 0 Å². The fourth-order valence-electron chi connectivity index (χ4n) is 2.41. The lowest BCUT2D eigenvalue weighted by molar-refractivity contribution is -0.121. The van der Waals surface area contributed by atoms with E-state index in [2.05, 4.69) is 10.5 Å². The molecule has 0 spiro atoms. The van der Waals surface area contributed by atoms with Crippen LogP contribution in [-0.4, -0.2) is 42.0 Å². The van der Waals surface area contributed by atoms with Gasteiger partial charge < -0.3 is 19.5 Å². The van der Waals surface area contributed by atoms with Crippen molar-refractivity contribution in [1.82, 2.24) is 15.4 Å². The molecule has 2 amide bonds. The van der Waals surface area contributed by atoms with Crippen LogP contribution in [0.5, 0.6) is 5.75 Å². The number of hydrogen-bond donors (Lipinski definition) is 1. The van der Waals surface area contributed by atoms with Gasteiger partial charge in [0.15, 0.2) is 0 Å². The van der Waals surface area contributed by atoms with E-state index in [1.165, 1.54) is 4.90 Å². The Morgan fingerprint density at radius 2 is 2.08 bits per heavy atom. The van der Waals surface area contributed by atoms with E-state index in [9.17, 15) is 9.59 Å². The second-order valence-corrected chi connectivity index (χ2v) is 6.13. The molecule has 7 nitrogen and oxygen atoms in total. The van der Waals surface area contributed by atoms with Crippen LogP contribution in [0.4, 0.5) is 0 Å². The van der Waals surface area contributed by atoms with Gasteiger partial charge in [0.2, 0.25) is 5.91 Å². The topological polar surface area (TPSA) is 84.7 Å². The number of rotatable bonds is 8. The van der Waals surface area contributed by atoms with Crippen molar-refractivity contribution < 1.29 is 18.8 Å². The Hall–Kier alpha value is -2.83. The molecule has 0 aliphatic rings. The van der Waals surface area contributed by atoms with E-state index in [0.717, 1.165) is 17.7 Å². The first-order valence-corrected chi connectivity index (χ1v) is 8.59. The van der Waals surface area contributed by atoms with E-state index in [1.807, 2.05) is 20.8 Å². The van der Waals surface area contributed by atoms with Crippen LogP contribution in [0.1, 0.15) is 40.7 Å². The molecular formula is C19H25N3O4. The highest BCUT2D eigenvalue weighted by Gasteiger charge is 2.16. The number of aryl methyl sites for hydroxylation is 2. The third-order valence-corrected chi connectivity index (χ3v) is 3.95. The molecule has 26 heavy (non-hydrogen) atoms. The number of likely N-dealkylation sites (N-methyl/N-ethyl adjacent to an activating group) is 1. The van der Waals surface area contributed by atoms with E-state index in [4.69, 9.17) is 9.26 Å². The van der Waals surface area contributed by atoms with E-state index < -0.39 is 0 Å². The van der Waals surface area contributed by atoms with Gasteiger partial charge in [-0.1, -0.05) is 18.1 Å². The summed E-state index contributed by atoms with van der Waals surface area (Å²) in [5.41, 5.74) is 2.14. The van der Waals surface area contributed by atoms with Crippen molar-refractivity contribution in [2.24, 2.45) is 0 Å². The van der Waals surface area contributed by atoms with Gasteiger partial charge in [-0.15, -0.1) is 0 Å². The lowest BCUT2D eigenvalue weighted by atomic mass is 10.2. The first kappa shape index (κ1) is 19.5. The fourth-order valence-corrected chi connectivity index (χ4v) is 2.41. The number of carbonyl (C=O) groups is 2. The number of hydrogen-bond acceptors (Lipinski definition) is 5. The largest absolute Gasteiger partial charge is 0.489 e. The molecule has 0 saturated heterocycles. The number of carbonyl (C=O) groups excluding carboxylic acids is 2. The van der Waals surface area contributed by atoms with Crippen molar-refractivity contribution in [3.63, 3.8) is 0 Å². The minimum absolute atomic E-state index is 0.0169. The zero-order valence-electron chi connectivity index (χ0n) is 15.7. The minimum atomic E-state index is -0.237. The predicted molar refractivity (Wildman–Crippen MR) is 97.0 cm³/mol. The smallest absolute Gasteiger partial charge is 0.254 e. The molecule has 2 rings (SSSR count). The first-order valence-electron chi connectivity index (χ1n) is 8.59. The Labute approximate surface area is 153 Å². The number of benzene rings is 1. The van der Waals surface area contributed by atoms with Crippen molar-refractivity contribution in [1.29, 1.82) is 0 Å². The van der Waals surface area contributed by atoms with Gasteiger partial charge >= 0.3 is 0 Å². The SMILES string of the molecule is CCCNC(=O)CN(C)C(=O)c1cccc(OCc2c(C)noc2C)c1. The molecule has 2 aromatic rings. The number of nitrogens with zero attached hydrogens (tertiary/aromatic N) is 2. The van der Waals surface area contributed by atoms with Gasteiger partial charge in [-0.05, 0) is 38.5 Å². The summed E-state index contributed by atoms with van der Waals surface area (Å²) >= 11 is 0. The van der Waals surface area contributed by atoms with Crippen LogP contribution in [0, 0.1) is 13.8 Å². The quantitative estimate of drug-likeness (QED) is 0.783. The molecule has 1 N–H and O–H groups in total. The Balaban J connectivity index is 1.99. The van der Waals surface area contributed by atoms with Crippen LogP contribution >= 0.6 is 0 Å². The van der Waals surface area contributed by atoms with E-state index in [-0.39, 0.29) is 18.4 Å². The second-order valence-electron chi connectivity index (χ2n) is 6.13. The van der Waals surface area contributed by atoms with Crippen LogP contribution in [-0.2, 0) is 11.4 Å². The minimum Gasteiger partial charge on any atom is -0.489 e. The molecule has 0 fully saturated rings. The van der Waals surface area contributed by atoms with Gasteiger partial charge in [0.25, 0.3) is 5.91 Å². The highest BCUT2D eigenvalue weighted by molar-refractivity contribution is 5.96. The summed E-state index contributed by atoms with van der Waals surface area (Å²) in [6.45, 7) is 6.59. The molecule has 1 aromatic heterocycles. The summed E-state index contributed by atoms with van der Waals surface area (Å²) in [5, 5.41) is 6.65. The molecule has 1 heterocycles. The fraction of sp³-hybridized carbons (Fsp3) is 0.421. The number of aromatic nitrogens is 1. The molecule has 0 radical (unpaired) electrons. The first-order chi connectivity index (χ1) is 12.4. The summed E-state index contributed by atoms with van der Waals surface area (Å²) in [7, 11) is 1.60. The maximum atomic E-state index is 12.5. The zero-order valence-corrected chi connectivity index (χ0v) is 15.7. The van der Waals surface area contributed by atoms with Gasteiger partial charge in [-0.25, -0.2) is 0 Å². The summed E-state index contributed by atoms with van der Waals surface area (Å²) in [6, 6.07) is 6.90. The van der Waals surface area contributed by atoms with Crippen molar-refractivity contribution in [2.45, 2.75) is 33.8 Å². The molecule has 0 aliphatic heterocycles. The highest BCUT2D eigenvalue weighted by atomic mass is 16.5. The van der Waals surface area contributed by atoms with Gasteiger partial charge in [0.1, 0.15) is 18.1 Å². The Morgan fingerprint density at radius 3 is 2.73 bits per heavy atom. The van der Waals surface area contributed by atoms with Crippen molar-refractivity contribution in [3.8, 4) is 5.75 Å². The summed E-state index contributed by atoms with van der Waals surface area (Å²) in [5.74, 6) is 0.875. The van der Waals surface area contributed by atoms with E-state index in [1.54, 1.807) is 31.3 Å². The van der Waals surface area contributed by atoms with Gasteiger partial charge in [-0.3, -0.25) is 9.59 Å². The number of amides is 2. The van der Waals surface area contributed by atoms with Crippen LogP contribution in [0.25, 0.3) is 0 Å². The monoisotopic (exact) mass is 359 g/mol. The van der Waals surface area contributed by atoms with Crippen LogP contribution < -0.4 is 10.1 Å². The maximum absolute atomic E-state index is 12.5. The average molecular weight is 359 g/mol. The second kappa shape index (κ2) is 9.03. The number of ether oxygens (including phenoxy) is 1. The van der Waals surface area contributed by atoms with Gasteiger partial charge in [0.05, 0.1) is 17.8 Å². The lowest BCUT2D eigenvalue weighted by Crippen LogP contribution is -2.38. The zero-order chi connectivity index (χ0) is 19.1. The summed E-state index contributed by atoms with van der Waals surface area (Å²) in [6.07, 6.45) is 0.855. The summed E-state index contributed by atoms with van der Waals surface area (Å²) < 4.78 is 10.9. The molecule has 0 saturated carbocycles. The molecule has 0 atom stereocenters. The average Bonchev–Trinajstić information content (AvgIpc) is 2.95. The van der Waals surface area contributed by atoms with Crippen LogP contribution in [0.2, 0.25) is 0 Å². The number of nitrogens with one attached hydrogen (secondary N) is 1. The normalized spacial score (nSPS) is 10.5.